The van der Waals surface area contributed by atoms with E-state index in [2.05, 4.69) is 46.8 Å². The van der Waals surface area contributed by atoms with Gasteiger partial charge in [0.2, 0.25) is 0 Å². The van der Waals surface area contributed by atoms with E-state index in [0.717, 1.165) is 6.42 Å². The molecule has 0 nitrogen and oxygen atoms in total. The molecule has 0 aliphatic carbocycles. The van der Waals surface area contributed by atoms with Crippen molar-refractivity contribution in [3.05, 3.63) is 19.1 Å². The second-order valence-electron chi connectivity index (χ2n) is 4.09. The topological polar surface area (TPSA) is 0 Å². The molecule has 0 rings (SSSR count). The van der Waals surface area contributed by atoms with Crippen LogP contribution in [0.3, 0.4) is 0 Å². The molecule has 0 saturated carbocycles. The van der Waals surface area contributed by atoms with E-state index >= 15 is 0 Å². The highest BCUT2D eigenvalue weighted by Gasteiger charge is 2.26. The van der Waals surface area contributed by atoms with E-state index < -0.39 is 0 Å². The van der Waals surface area contributed by atoms with Crippen molar-refractivity contribution in [2.45, 2.75) is 53.4 Å². The van der Waals surface area contributed by atoms with Gasteiger partial charge in [0.1, 0.15) is 0 Å². The summed E-state index contributed by atoms with van der Waals surface area (Å²) in [4.78, 5) is 0. The highest BCUT2D eigenvalue weighted by atomic mass is 14.3. The molecule has 0 fully saturated rings. The Kier molecular flexibility index (Phi) is 6.11. The molecule has 0 spiro atoms. The van der Waals surface area contributed by atoms with Crippen LogP contribution >= 0.6 is 0 Å². The van der Waals surface area contributed by atoms with Gasteiger partial charge in [-0.1, -0.05) is 52.7 Å². The van der Waals surface area contributed by atoms with Crippen LogP contribution in [-0.2, 0) is 0 Å². The summed E-state index contributed by atoms with van der Waals surface area (Å²) in [6.07, 6.45) is 9.25. The molecule has 0 aliphatic heterocycles. The SMILES string of the molecule is [CH2]C(CC)(CC)C(C)CC=CCC. The zero-order valence-corrected chi connectivity index (χ0v) is 9.77. The summed E-state index contributed by atoms with van der Waals surface area (Å²) in [6, 6.07) is 0. The molecule has 1 atom stereocenters. The van der Waals surface area contributed by atoms with Crippen LogP contribution in [-0.4, -0.2) is 0 Å². The van der Waals surface area contributed by atoms with Crippen molar-refractivity contribution < 1.29 is 0 Å². The van der Waals surface area contributed by atoms with Crippen LogP contribution in [0.5, 0.6) is 0 Å². The Morgan fingerprint density at radius 2 is 1.69 bits per heavy atom. The van der Waals surface area contributed by atoms with Gasteiger partial charge in [-0.3, -0.25) is 0 Å². The maximum Gasteiger partial charge on any atom is -0.0274 e. The lowest BCUT2D eigenvalue weighted by atomic mass is 9.72. The Hall–Kier alpha value is -0.260. The Morgan fingerprint density at radius 3 is 2.08 bits per heavy atom. The average Bonchev–Trinajstić information content (AvgIpc) is 2.17. The molecule has 0 aromatic heterocycles. The number of allylic oxidation sites excluding steroid dienone is 2. The predicted octanol–water partition coefficient (Wildman–Crippen LogP) is 4.62. The Labute approximate surface area is 84.4 Å². The highest BCUT2D eigenvalue weighted by molar-refractivity contribution is 4.90. The second-order valence-corrected chi connectivity index (χ2v) is 4.09. The molecule has 0 aliphatic rings. The van der Waals surface area contributed by atoms with Gasteiger partial charge in [0.05, 0.1) is 0 Å². The van der Waals surface area contributed by atoms with E-state index in [9.17, 15) is 0 Å². The van der Waals surface area contributed by atoms with E-state index in [4.69, 9.17) is 0 Å². The summed E-state index contributed by atoms with van der Waals surface area (Å²) < 4.78 is 0. The summed E-state index contributed by atoms with van der Waals surface area (Å²) in [5.74, 6) is 0.699. The van der Waals surface area contributed by atoms with Gasteiger partial charge in [0.15, 0.2) is 0 Å². The Morgan fingerprint density at radius 1 is 1.15 bits per heavy atom. The Balaban J connectivity index is 4.06. The summed E-state index contributed by atoms with van der Waals surface area (Å²) >= 11 is 0. The fourth-order valence-corrected chi connectivity index (χ4v) is 1.66. The normalized spacial score (nSPS) is 15.2. The lowest BCUT2D eigenvalue weighted by Crippen LogP contribution is -2.23. The van der Waals surface area contributed by atoms with Crippen LogP contribution in [0.1, 0.15) is 53.4 Å². The zero-order valence-electron chi connectivity index (χ0n) is 9.77. The van der Waals surface area contributed by atoms with Gasteiger partial charge < -0.3 is 0 Å². The molecule has 0 bridgehead atoms. The molecular formula is C13H25. The van der Waals surface area contributed by atoms with Crippen LogP contribution in [0.15, 0.2) is 12.2 Å². The molecule has 1 unspecified atom stereocenters. The van der Waals surface area contributed by atoms with Crippen molar-refractivity contribution in [2.24, 2.45) is 11.3 Å². The minimum atomic E-state index is 0.290. The van der Waals surface area contributed by atoms with Crippen LogP contribution in [0.4, 0.5) is 0 Å². The van der Waals surface area contributed by atoms with Crippen molar-refractivity contribution in [1.82, 2.24) is 0 Å². The first-order valence-corrected chi connectivity index (χ1v) is 5.61. The van der Waals surface area contributed by atoms with Crippen LogP contribution < -0.4 is 0 Å². The molecule has 0 saturated heterocycles. The molecule has 0 N–H and O–H groups in total. The first kappa shape index (κ1) is 12.7. The van der Waals surface area contributed by atoms with Crippen LogP contribution in [0, 0.1) is 18.3 Å². The van der Waals surface area contributed by atoms with E-state index in [1.165, 1.54) is 19.3 Å². The minimum Gasteiger partial charge on any atom is -0.0888 e. The van der Waals surface area contributed by atoms with E-state index in [1.54, 1.807) is 0 Å². The van der Waals surface area contributed by atoms with Crippen molar-refractivity contribution in [2.75, 3.05) is 0 Å². The van der Waals surface area contributed by atoms with E-state index in [1.807, 2.05) is 0 Å². The zero-order chi connectivity index (χ0) is 10.3. The van der Waals surface area contributed by atoms with Crippen LogP contribution in [0.25, 0.3) is 0 Å². The third-order valence-corrected chi connectivity index (χ3v) is 3.35. The molecule has 13 heavy (non-hydrogen) atoms. The standard InChI is InChI=1S/C13H25/c1-6-9-10-11-12(4)13(5,7-2)8-3/h9-10,12H,5-8,11H2,1-4H3. The fraction of sp³-hybridized carbons (Fsp3) is 0.769. The van der Waals surface area contributed by atoms with Gasteiger partial charge in [0, 0.05) is 0 Å². The number of rotatable bonds is 6. The van der Waals surface area contributed by atoms with Gasteiger partial charge in [-0.15, -0.1) is 0 Å². The minimum absolute atomic E-state index is 0.290. The summed E-state index contributed by atoms with van der Waals surface area (Å²) in [5.41, 5.74) is 0.290. The summed E-state index contributed by atoms with van der Waals surface area (Å²) in [7, 11) is 0. The van der Waals surface area contributed by atoms with Gasteiger partial charge in [0.25, 0.3) is 0 Å². The molecule has 0 aromatic carbocycles. The second kappa shape index (κ2) is 6.23. The third-order valence-electron chi connectivity index (χ3n) is 3.35. The molecule has 77 valence electrons. The molecule has 1 radical (unpaired) electrons. The molecule has 0 amide bonds. The first-order valence-electron chi connectivity index (χ1n) is 5.61. The number of hydrogen-bond donors (Lipinski definition) is 0. The summed E-state index contributed by atoms with van der Waals surface area (Å²) in [5, 5.41) is 0. The first-order chi connectivity index (χ1) is 6.10. The summed E-state index contributed by atoms with van der Waals surface area (Å²) in [6.45, 7) is 13.3. The lowest BCUT2D eigenvalue weighted by Gasteiger charge is -2.33. The average molecular weight is 181 g/mol. The van der Waals surface area contributed by atoms with Crippen LogP contribution in [0.2, 0.25) is 0 Å². The van der Waals surface area contributed by atoms with Crippen molar-refractivity contribution in [3.8, 4) is 0 Å². The largest absolute Gasteiger partial charge is 0.0888 e. The molecular weight excluding hydrogens is 156 g/mol. The highest BCUT2D eigenvalue weighted by Crippen LogP contribution is 2.36. The molecule has 0 heterocycles. The Bertz CT molecular complexity index is 140. The predicted molar refractivity (Wildman–Crippen MR) is 61.6 cm³/mol. The number of hydrogen-bond acceptors (Lipinski definition) is 0. The maximum absolute atomic E-state index is 4.35. The van der Waals surface area contributed by atoms with Gasteiger partial charge in [-0.25, -0.2) is 0 Å². The van der Waals surface area contributed by atoms with Gasteiger partial charge >= 0.3 is 0 Å². The van der Waals surface area contributed by atoms with E-state index in [0.29, 0.717) is 5.92 Å². The third kappa shape index (κ3) is 3.97. The molecule has 0 heteroatoms. The van der Waals surface area contributed by atoms with Gasteiger partial charge in [-0.05, 0) is 31.1 Å². The van der Waals surface area contributed by atoms with Crippen molar-refractivity contribution >= 4 is 0 Å². The van der Waals surface area contributed by atoms with Crippen molar-refractivity contribution in [1.29, 1.82) is 0 Å². The quantitative estimate of drug-likeness (QED) is 0.524. The maximum atomic E-state index is 4.35. The monoisotopic (exact) mass is 181 g/mol. The lowest BCUT2D eigenvalue weighted by molar-refractivity contribution is 0.224. The molecule has 0 aromatic rings. The smallest absolute Gasteiger partial charge is 0.0274 e. The fourth-order valence-electron chi connectivity index (χ4n) is 1.66. The van der Waals surface area contributed by atoms with E-state index in [-0.39, 0.29) is 5.41 Å². The van der Waals surface area contributed by atoms with Gasteiger partial charge in [-0.2, -0.15) is 0 Å². The van der Waals surface area contributed by atoms with Crippen molar-refractivity contribution in [3.63, 3.8) is 0 Å².